The third-order valence-electron chi connectivity index (χ3n) is 1.78. The van der Waals surface area contributed by atoms with Gasteiger partial charge < -0.3 is 0 Å². The van der Waals surface area contributed by atoms with Crippen molar-refractivity contribution in [2.45, 2.75) is 25.3 Å². The molecular formula is C8H8N2O2. The summed E-state index contributed by atoms with van der Waals surface area (Å²) in [5.74, 6) is 0. The van der Waals surface area contributed by atoms with Crippen molar-refractivity contribution in [3.8, 4) is 0 Å². The lowest BCUT2D eigenvalue weighted by Crippen LogP contribution is -2.07. The van der Waals surface area contributed by atoms with E-state index in [1.165, 1.54) is 12.2 Å². The normalized spacial score (nSPS) is 21.7. The van der Waals surface area contributed by atoms with Gasteiger partial charge in [-0.1, -0.05) is 6.08 Å². The molecule has 0 aromatic carbocycles. The first-order valence-corrected chi connectivity index (χ1v) is 3.70. The van der Waals surface area contributed by atoms with E-state index in [0.717, 1.165) is 12.1 Å². The molecule has 1 aliphatic rings. The maximum atomic E-state index is 9.88. The molecule has 0 aromatic rings. The van der Waals surface area contributed by atoms with Gasteiger partial charge in [-0.15, -0.1) is 0 Å². The Morgan fingerprint density at radius 3 is 2.75 bits per heavy atom. The van der Waals surface area contributed by atoms with Gasteiger partial charge in [0.05, 0.1) is 6.04 Å². The molecule has 0 radical (unpaired) electrons. The van der Waals surface area contributed by atoms with E-state index in [1.807, 2.05) is 0 Å². The average molecular weight is 164 g/mol. The Kier molecular flexibility index (Phi) is 3.15. The first-order chi connectivity index (χ1) is 5.86. The molecule has 0 amide bonds. The fourth-order valence-corrected chi connectivity index (χ4v) is 1.16. The molecule has 1 aliphatic carbocycles. The van der Waals surface area contributed by atoms with E-state index >= 15 is 0 Å². The van der Waals surface area contributed by atoms with Crippen LogP contribution < -0.4 is 0 Å². The van der Waals surface area contributed by atoms with E-state index < -0.39 is 0 Å². The summed E-state index contributed by atoms with van der Waals surface area (Å²) in [6.07, 6.45) is 6.91. The highest BCUT2D eigenvalue weighted by Crippen LogP contribution is 2.20. The molecule has 0 saturated carbocycles. The summed E-state index contributed by atoms with van der Waals surface area (Å²) in [6, 6.07) is 0.0214. The highest BCUT2D eigenvalue weighted by Gasteiger charge is 2.12. The molecule has 0 N–H and O–H groups in total. The Hall–Kier alpha value is -1.50. The van der Waals surface area contributed by atoms with Crippen molar-refractivity contribution in [2.75, 3.05) is 0 Å². The molecule has 0 heterocycles. The van der Waals surface area contributed by atoms with Crippen LogP contribution >= 0.6 is 0 Å². The van der Waals surface area contributed by atoms with Gasteiger partial charge in [-0.25, -0.2) is 14.6 Å². The average Bonchev–Trinajstić information content (AvgIpc) is 2.09. The van der Waals surface area contributed by atoms with E-state index in [2.05, 4.69) is 9.98 Å². The summed E-state index contributed by atoms with van der Waals surface area (Å²) in [5, 5.41) is 0. The number of hydrogen-bond donors (Lipinski definition) is 0. The molecule has 0 aromatic heterocycles. The van der Waals surface area contributed by atoms with Crippen molar-refractivity contribution in [3.63, 3.8) is 0 Å². The molecule has 12 heavy (non-hydrogen) atoms. The fraction of sp³-hybridized carbons (Fsp3) is 0.500. The predicted octanol–water partition coefficient (Wildman–Crippen LogP) is 1.09. The van der Waals surface area contributed by atoms with Crippen molar-refractivity contribution in [2.24, 2.45) is 9.98 Å². The Morgan fingerprint density at radius 2 is 2.25 bits per heavy atom. The number of hydrogen-bond acceptors (Lipinski definition) is 4. The molecule has 4 nitrogen and oxygen atoms in total. The fourth-order valence-electron chi connectivity index (χ4n) is 1.16. The van der Waals surface area contributed by atoms with Crippen LogP contribution in [0.3, 0.4) is 0 Å². The molecule has 0 bridgehead atoms. The SMILES string of the molecule is O=C=NC1=CCC(N=C=O)CC1. The molecular weight excluding hydrogens is 156 g/mol. The van der Waals surface area contributed by atoms with Crippen LogP contribution in [0.15, 0.2) is 21.8 Å². The maximum Gasteiger partial charge on any atom is 0.240 e. The smallest absolute Gasteiger partial charge is 0.211 e. The summed E-state index contributed by atoms with van der Waals surface area (Å²) in [6.45, 7) is 0. The third-order valence-corrected chi connectivity index (χ3v) is 1.78. The van der Waals surface area contributed by atoms with Crippen LogP contribution in [-0.4, -0.2) is 18.2 Å². The number of allylic oxidation sites excluding steroid dienone is 1. The number of aliphatic imine (C=N–C) groups is 2. The zero-order valence-electron chi connectivity index (χ0n) is 6.49. The van der Waals surface area contributed by atoms with Crippen LogP contribution in [0.5, 0.6) is 0 Å². The second-order valence-corrected chi connectivity index (χ2v) is 2.55. The van der Waals surface area contributed by atoms with Gasteiger partial charge in [0, 0.05) is 5.70 Å². The molecule has 4 heteroatoms. The largest absolute Gasteiger partial charge is 0.240 e. The number of isocyanates is 2. The Labute approximate surface area is 69.7 Å². The second-order valence-electron chi connectivity index (χ2n) is 2.55. The molecule has 1 unspecified atom stereocenters. The van der Waals surface area contributed by atoms with E-state index in [0.29, 0.717) is 12.8 Å². The highest BCUT2D eigenvalue weighted by molar-refractivity contribution is 5.37. The third kappa shape index (κ3) is 2.27. The lowest BCUT2D eigenvalue weighted by Gasteiger charge is -2.12. The first-order valence-electron chi connectivity index (χ1n) is 3.70. The van der Waals surface area contributed by atoms with Gasteiger partial charge in [-0.3, -0.25) is 0 Å². The van der Waals surface area contributed by atoms with Crippen LogP contribution in [0.25, 0.3) is 0 Å². The zero-order chi connectivity index (χ0) is 8.81. The van der Waals surface area contributed by atoms with E-state index in [-0.39, 0.29) is 6.04 Å². The summed E-state index contributed by atoms with van der Waals surface area (Å²) >= 11 is 0. The minimum Gasteiger partial charge on any atom is -0.211 e. The Bertz CT molecular complexity index is 283. The van der Waals surface area contributed by atoms with Gasteiger partial charge in [0.2, 0.25) is 12.2 Å². The van der Waals surface area contributed by atoms with E-state index in [4.69, 9.17) is 0 Å². The van der Waals surface area contributed by atoms with Gasteiger partial charge in [0.25, 0.3) is 0 Å². The topological polar surface area (TPSA) is 58.9 Å². The second kappa shape index (κ2) is 4.39. The summed E-state index contributed by atoms with van der Waals surface area (Å²) in [4.78, 5) is 26.8. The maximum absolute atomic E-state index is 9.88. The molecule has 0 saturated heterocycles. The van der Waals surface area contributed by atoms with Crippen molar-refractivity contribution in [1.29, 1.82) is 0 Å². The number of rotatable bonds is 2. The van der Waals surface area contributed by atoms with Crippen molar-refractivity contribution in [1.82, 2.24) is 0 Å². The van der Waals surface area contributed by atoms with Gasteiger partial charge >= 0.3 is 0 Å². The van der Waals surface area contributed by atoms with Gasteiger partial charge in [-0.05, 0) is 19.3 Å². The van der Waals surface area contributed by atoms with Crippen LogP contribution in [-0.2, 0) is 9.59 Å². The monoisotopic (exact) mass is 164 g/mol. The highest BCUT2D eigenvalue weighted by atomic mass is 16.1. The van der Waals surface area contributed by atoms with E-state index in [9.17, 15) is 9.59 Å². The minimum absolute atomic E-state index is 0.0214. The van der Waals surface area contributed by atoms with Gasteiger partial charge in [-0.2, -0.15) is 4.99 Å². The standard InChI is InChI=1S/C8H8N2O2/c11-5-9-7-1-2-8(4-3-7)10-6-12/h1,8H,2-4H2. The van der Waals surface area contributed by atoms with E-state index in [1.54, 1.807) is 6.08 Å². The molecule has 0 aliphatic heterocycles. The van der Waals surface area contributed by atoms with Crippen LogP contribution in [0.4, 0.5) is 0 Å². The zero-order valence-corrected chi connectivity index (χ0v) is 6.49. The van der Waals surface area contributed by atoms with Crippen molar-refractivity contribution < 1.29 is 9.59 Å². The van der Waals surface area contributed by atoms with Crippen LogP contribution in [0, 0.1) is 0 Å². The summed E-state index contributed by atoms with van der Waals surface area (Å²) in [7, 11) is 0. The molecule has 1 rings (SSSR count). The van der Waals surface area contributed by atoms with Crippen molar-refractivity contribution in [3.05, 3.63) is 11.8 Å². The minimum atomic E-state index is 0.0214. The summed E-state index contributed by atoms with van der Waals surface area (Å²) < 4.78 is 0. The summed E-state index contributed by atoms with van der Waals surface area (Å²) in [5.41, 5.74) is 0.738. The first kappa shape index (κ1) is 8.60. The lowest BCUT2D eigenvalue weighted by molar-refractivity contribution is 0.540. The Balaban J connectivity index is 2.58. The van der Waals surface area contributed by atoms with Gasteiger partial charge in [0.15, 0.2) is 0 Å². The van der Waals surface area contributed by atoms with Crippen LogP contribution in [0.1, 0.15) is 19.3 Å². The quantitative estimate of drug-likeness (QED) is 0.453. The molecule has 0 fully saturated rings. The molecule has 62 valence electrons. The molecule has 0 spiro atoms. The number of nitrogens with zero attached hydrogens (tertiary/aromatic N) is 2. The number of carbonyl (C=O) groups excluding carboxylic acids is 2. The lowest BCUT2D eigenvalue weighted by atomic mass is 10.0. The van der Waals surface area contributed by atoms with Crippen LogP contribution in [0.2, 0.25) is 0 Å². The van der Waals surface area contributed by atoms with Gasteiger partial charge in [0.1, 0.15) is 0 Å². The van der Waals surface area contributed by atoms with Crippen molar-refractivity contribution >= 4 is 12.2 Å². The Morgan fingerprint density at radius 1 is 1.42 bits per heavy atom. The molecule has 1 atom stereocenters. The predicted molar refractivity (Wildman–Crippen MR) is 42.0 cm³/mol.